The summed E-state index contributed by atoms with van der Waals surface area (Å²) in [7, 11) is 0. The number of anilines is 1. The van der Waals surface area contributed by atoms with E-state index in [0.717, 1.165) is 11.3 Å². The Labute approximate surface area is 137 Å². The lowest BCUT2D eigenvalue weighted by molar-refractivity contribution is -0.145. The molecule has 1 fully saturated rings. The Kier molecular flexibility index (Phi) is 4.68. The second-order valence-electron chi connectivity index (χ2n) is 5.41. The van der Waals surface area contributed by atoms with E-state index in [2.05, 4.69) is 10.3 Å². The first-order valence-corrected chi connectivity index (χ1v) is 8.31. The second-order valence-corrected chi connectivity index (χ2v) is 6.26. The molecule has 1 atom stereocenters. The van der Waals surface area contributed by atoms with Crippen molar-refractivity contribution in [2.75, 3.05) is 18.4 Å². The molecule has 23 heavy (non-hydrogen) atoms. The monoisotopic (exact) mass is 331 g/mol. The molecule has 1 aromatic heterocycles. The molecule has 1 aliphatic heterocycles. The lowest BCUT2D eigenvalue weighted by atomic mass is 10.1. The van der Waals surface area contributed by atoms with E-state index in [9.17, 15) is 14.7 Å². The summed E-state index contributed by atoms with van der Waals surface area (Å²) in [6, 6.07) is 9.61. The fraction of sp³-hybridized carbons (Fsp3) is 0.312. The van der Waals surface area contributed by atoms with Crippen LogP contribution in [0, 0.1) is 0 Å². The molecule has 2 amide bonds. The number of aliphatic hydroxyl groups excluding tert-OH is 1. The molecule has 1 unspecified atom stereocenters. The highest BCUT2D eigenvalue weighted by Crippen LogP contribution is 2.24. The molecule has 1 aromatic carbocycles. The summed E-state index contributed by atoms with van der Waals surface area (Å²) in [4.78, 5) is 29.9. The first-order chi connectivity index (χ1) is 11.1. The van der Waals surface area contributed by atoms with Gasteiger partial charge in [0, 0.05) is 24.0 Å². The molecule has 6 nitrogen and oxygen atoms in total. The van der Waals surface area contributed by atoms with Crippen LogP contribution in [-0.4, -0.2) is 46.0 Å². The lowest BCUT2D eigenvalue weighted by Crippen LogP contribution is -2.46. The summed E-state index contributed by atoms with van der Waals surface area (Å²) in [6.07, 6.45) is 0.818. The minimum absolute atomic E-state index is 0.208. The van der Waals surface area contributed by atoms with E-state index in [0.29, 0.717) is 24.5 Å². The zero-order chi connectivity index (χ0) is 16.2. The predicted octanol–water partition coefficient (Wildman–Crippen LogP) is 1.73. The summed E-state index contributed by atoms with van der Waals surface area (Å²) < 4.78 is 0. The van der Waals surface area contributed by atoms with Crippen molar-refractivity contribution in [2.45, 2.75) is 18.9 Å². The number of rotatable bonds is 2. The maximum atomic E-state index is 12.1. The van der Waals surface area contributed by atoms with Crippen molar-refractivity contribution in [3.63, 3.8) is 0 Å². The van der Waals surface area contributed by atoms with Gasteiger partial charge in [0.25, 0.3) is 0 Å². The van der Waals surface area contributed by atoms with Crippen LogP contribution < -0.4 is 5.32 Å². The summed E-state index contributed by atoms with van der Waals surface area (Å²) >= 11 is 1.27. The van der Waals surface area contributed by atoms with Crippen molar-refractivity contribution in [2.24, 2.45) is 0 Å². The predicted molar refractivity (Wildman–Crippen MR) is 88.0 cm³/mol. The number of hydrogen-bond donors (Lipinski definition) is 2. The number of nitrogens with zero attached hydrogens (tertiary/aromatic N) is 2. The first-order valence-electron chi connectivity index (χ1n) is 7.43. The van der Waals surface area contributed by atoms with Crippen LogP contribution in [0.4, 0.5) is 5.13 Å². The highest BCUT2D eigenvalue weighted by molar-refractivity contribution is 7.14. The number of piperidine rings is 1. The number of nitrogens with one attached hydrogen (secondary N) is 1. The average molecular weight is 331 g/mol. The molecule has 2 N–H and O–H groups in total. The molecule has 2 aromatic rings. The van der Waals surface area contributed by atoms with Gasteiger partial charge in [0.2, 0.25) is 0 Å². The molecule has 120 valence electrons. The van der Waals surface area contributed by atoms with Gasteiger partial charge in [0.05, 0.1) is 11.8 Å². The smallest absolute Gasteiger partial charge is 0.315 e. The number of hydrogen-bond acceptors (Lipinski definition) is 5. The molecule has 0 bridgehead atoms. The SMILES string of the molecule is O=C(Nc1nc(-c2ccccc2)cs1)C(=O)N1CCCC(O)C1. The number of thiazole rings is 1. The molecule has 3 rings (SSSR count). The van der Waals surface area contributed by atoms with Gasteiger partial charge in [-0.3, -0.25) is 14.9 Å². The van der Waals surface area contributed by atoms with Gasteiger partial charge in [-0.15, -0.1) is 11.3 Å². The zero-order valence-corrected chi connectivity index (χ0v) is 13.3. The van der Waals surface area contributed by atoms with Crippen LogP contribution in [0.2, 0.25) is 0 Å². The largest absolute Gasteiger partial charge is 0.391 e. The Bertz CT molecular complexity index is 702. The Hall–Kier alpha value is -2.25. The van der Waals surface area contributed by atoms with Crippen LogP contribution in [0.25, 0.3) is 11.3 Å². The Morgan fingerprint density at radius 1 is 1.30 bits per heavy atom. The van der Waals surface area contributed by atoms with Gasteiger partial charge in [-0.25, -0.2) is 4.98 Å². The minimum Gasteiger partial charge on any atom is -0.391 e. The highest BCUT2D eigenvalue weighted by atomic mass is 32.1. The van der Waals surface area contributed by atoms with Gasteiger partial charge >= 0.3 is 11.8 Å². The van der Waals surface area contributed by atoms with Crippen molar-refractivity contribution >= 4 is 28.3 Å². The third-order valence-corrected chi connectivity index (χ3v) is 4.43. The quantitative estimate of drug-likeness (QED) is 0.821. The van der Waals surface area contributed by atoms with Gasteiger partial charge in [-0.05, 0) is 12.8 Å². The Balaban J connectivity index is 1.64. The highest BCUT2D eigenvalue weighted by Gasteiger charge is 2.27. The van der Waals surface area contributed by atoms with Crippen molar-refractivity contribution in [1.82, 2.24) is 9.88 Å². The summed E-state index contributed by atoms with van der Waals surface area (Å²) in [5.74, 6) is -1.34. The van der Waals surface area contributed by atoms with Crippen LogP contribution >= 0.6 is 11.3 Å². The van der Waals surface area contributed by atoms with Crippen molar-refractivity contribution in [1.29, 1.82) is 0 Å². The first kappa shape index (κ1) is 15.6. The third kappa shape index (κ3) is 3.75. The Morgan fingerprint density at radius 3 is 2.83 bits per heavy atom. The summed E-state index contributed by atoms with van der Waals surface area (Å²) in [6.45, 7) is 0.704. The van der Waals surface area contributed by atoms with Crippen LogP contribution in [0.5, 0.6) is 0 Å². The van der Waals surface area contributed by atoms with E-state index in [1.54, 1.807) is 0 Å². The van der Waals surface area contributed by atoms with E-state index in [-0.39, 0.29) is 6.54 Å². The van der Waals surface area contributed by atoms with E-state index in [1.807, 2.05) is 35.7 Å². The van der Waals surface area contributed by atoms with E-state index >= 15 is 0 Å². The maximum absolute atomic E-state index is 12.1. The molecule has 0 aliphatic carbocycles. The van der Waals surface area contributed by atoms with Crippen LogP contribution in [0.3, 0.4) is 0 Å². The topological polar surface area (TPSA) is 82.5 Å². The molecule has 1 saturated heterocycles. The van der Waals surface area contributed by atoms with Crippen LogP contribution in [0.15, 0.2) is 35.7 Å². The van der Waals surface area contributed by atoms with Gasteiger partial charge in [0.15, 0.2) is 5.13 Å². The number of aromatic nitrogens is 1. The standard InChI is InChI=1S/C16H17N3O3S/c20-12-7-4-8-19(9-12)15(22)14(21)18-16-17-13(10-23-16)11-5-2-1-3-6-11/h1-3,5-6,10,12,20H,4,7-9H2,(H,17,18,21). The van der Waals surface area contributed by atoms with Crippen molar-refractivity contribution in [3.05, 3.63) is 35.7 Å². The average Bonchev–Trinajstić information content (AvgIpc) is 3.03. The fourth-order valence-electron chi connectivity index (χ4n) is 2.51. The number of amides is 2. The van der Waals surface area contributed by atoms with Gasteiger partial charge in [-0.2, -0.15) is 0 Å². The molecular weight excluding hydrogens is 314 g/mol. The van der Waals surface area contributed by atoms with Crippen molar-refractivity contribution in [3.8, 4) is 11.3 Å². The number of aliphatic hydroxyl groups is 1. The van der Waals surface area contributed by atoms with Gasteiger partial charge in [0.1, 0.15) is 0 Å². The summed E-state index contributed by atoms with van der Waals surface area (Å²) in [5, 5.41) is 14.4. The van der Waals surface area contributed by atoms with E-state index < -0.39 is 17.9 Å². The normalized spacial score (nSPS) is 17.8. The van der Waals surface area contributed by atoms with Crippen LogP contribution in [0.1, 0.15) is 12.8 Å². The summed E-state index contributed by atoms with van der Waals surface area (Å²) in [5.41, 5.74) is 1.71. The Morgan fingerprint density at radius 2 is 2.09 bits per heavy atom. The van der Waals surface area contributed by atoms with Gasteiger partial charge < -0.3 is 10.0 Å². The number of benzene rings is 1. The number of β-amino-alcohol motifs (C(OH)–C–C–N with tert-alkyl or cyclic N) is 1. The molecular formula is C16H17N3O3S. The molecule has 1 aliphatic rings. The molecule has 2 heterocycles. The molecule has 0 radical (unpaired) electrons. The zero-order valence-electron chi connectivity index (χ0n) is 12.4. The van der Waals surface area contributed by atoms with E-state index in [1.165, 1.54) is 16.2 Å². The van der Waals surface area contributed by atoms with Gasteiger partial charge in [-0.1, -0.05) is 30.3 Å². The second kappa shape index (κ2) is 6.89. The third-order valence-electron chi connectivity index (χ3n) is 3.67. The van der Waals surface area contributed by atoms with Crippen molar-refractivity contribution < 1.29 is 14.7 Å². The number of carbonyl (C=O) groups is 2. The fourth-order valence-corrected chi connectivity index (χ4v) is 3.22. The number of likely N-dealkylation sites (tertiary alicyclic amines) is 1. The molecule has 0 saturated carbocycles. The maximum Gasteiger partial charge on any atom is 0.315 e. The van der Waals surface area contributed by atoms with Crippen LogP contribution in [-0.2, 0) is 9.59 Å². The molecule has 7 heteroatoms. The lowest BCUT2D eigenvalue weighted by Gasteiger charge is -2.29. The minimum atomic E-state index is -0.715. The molecule has 0 spiro atoms. The number of carbonyl (C=O) groups excluding carboxylic acids is 2. The van der Waals surface area contributed by atoms with E-state index in [4.69, 9.17) is 0 Å².